The monoisotopic (exact) mass is 532 g/mol. The number of carbonyl (C=O) groups excluding carboxylic acids is 1. The molecule has 5 rings (SSSR count). The minimum absolute atomic E-state index is 0.155. The van der Waals surface area contributed by atoms with Crippen LogP contribution in [0.1, 0.15) is 42.6 Å². The average molecular weight is 533 g/mol. The number of hydrogen-bond donors (Lipinski definition) is 0. The lowest BCUT2D eigenvalue weighted by Gasteiger charge is -2.48. The number of ether oxygens (including phenoxy) is 3. The summed E-state index contributed by atoms with van der Waals surface area (Å²) in [5.41, 5.74) is 4.54. The zero-order valence-corrected chi connectivity index (χ0v) is 22.8. The van der Waals surface area contributed by atoms with E-state index in [0.29, 0.717) is 25.4 Å². The van der Waals surface area contributed by atoms with Crippen LogP contribution in [0, 0.1) is 5.82 Å². The summed E-state index contributed by atoms with van der Waals surface area (Å²) in [6.07, 6.45) is 2.80. The van der Waals surface area contributed by atoms with Crippen LogP contribution in [0.15, 0.2) is 60.7 Å². The van der Waals surface area contributed by atoms with Crippen LogP contribution in [0.5, 0.6) is 11.5 Å². The maximum Gasteiger partial charge on any atom is 0.150 e. The molecule has 0 amide bonds. The fraction of sp³-hybridized carbons (Fsp3) is 0.406. The summed E-state index contributed by atoms with van der Waals surface area (Å²) in [4.78, 5) is 15.9. The Morgan fingerprint density at radius 1 is 0.923 bits per heavy atom. The molecule has 3 aromatic rings. The van der Waals surface area contributed by atoms with Gasteiger partial charge < -0.3 is 19.1 Å². The number of nitrogens with zero attached hydrogens (tertiary/aromatic N) is 2. The van der Waals surface area contributed by atoms with Crippen molar-refractivity contribution in [3.05, 3.63) is 77.6 Å². The fourth-order valence-electron chi connectivity index (χ4n) is 5.68. The van der Waals surface area contributed by atoms with Crippen molar-refractivity contribution in [2.75, 3.05) is 50.9 Å². The van der Waals surface area contributed by atoms with Gasteiger partial charge in [-0.15, -0.1) is 0 Å². The van der Waals surface area contributed by atoms with Gasteiger partial charge >= 0.3 is 0 Å². The lowest BCUT2D eigenvalue weighted by Crippen LogP contribution is -2.56. The Bertz CT molecular complexity index is 1230. The smallest absolute Gasteiger partial charge is 0.150 e. The van der Waals surface area contributed by atoms with Gasteiger partial charge in [0.1, 0.15) is 23.6 Å². The largest absolute Gasteiger partial charge is 0.493 e. The molecule has 0 aliphatic carbocycles. The highest BCUT2D eigenvalue weighted by Gasteiger charge is 2.39. The zero-order valence-electron chi connectivity index (χ0n) is 22.8. The molecule has 2 aliphatic heterocycles. The Labute approximate surface area is 230 Å². The summed E-state index contributed by atoms with van der Waals surface area (Å²) in [5, 5.41) is 0. The average Bonchev–Trinajstić information content (AvgIpc) is 2.96. The molecule has 0 aromatic heterocycles. The van der Waals surface area contributed by atoms with Crippen molar-refractivity contribution in [1.29, 1.82) is 0 Å². The van der Waals surface area contributed by atoms with Gasteiger partial charge in [0.05, 0.1) is 31.0 Å². The van der Waals surface area contributed by atoms with Gasteiger partial charge in [-0.25, -0.2) is 4.39 Å². The molecule has 206 valence electrons. The van der Waals surface area contributed by atoms with E-state index in [1.807, 2.05) is 38.1 Å². The molecule has 39 heavy (non-hydrogen) atoms. The number of likely N-dealkylation sites (tertiary alicyclic amines) is 1. The predicted molar refractivity (Wildman–Crippen MR) is 151 cm³/mol. The number of rotatable bonds is 9. The molecule has 2 saturated heterocycles. The molecular formula is C32H37FN2O4. The van der Waals surface area contributed by atoms with Gasteiger partial charge in [0.25, 0.3) is 0 Å². The Balaban J connectivity index is 1.29. The number of carbonyl (C=O) groups is 1. The normalized spacial score (nSPS) is 17.3. The fourth-order valence-corrected chi connectivity index (χ4v) is 5.68. The first-order chi connectivity index (χ1) is 19.0. The van der Waals surface area contributed by atoms with Crippen LogP contribution in [-0.4, -0.2) is 62.8 Å². The van der Waals surface area contributed by atoms with Gasteiger partial charge in [-0.2, -0.15) is 0 Å². The van der Waals surface area contributed by atoms with Crippen LogP contribution in [0.4, 0.5) is 10.1 Å². The van der Waals surface area contributed by atoms with E-state index in [2.05, 4.69) is 21.9 Å². The third-order valence-corrected chi connectivity index (χ3v) is 7.67. The molecule has 0 saturated carbocycles. The molecule has 7 heteroatoms. The van der Waals surface area contributed by atoms with Crippen molar-refractivity contribution >= 4 is 12.0 Å². The van der Waals surface area contributed by atoms with Crippen molar-refractivity contribution in [3.63, 3.8) is 0 Å². The minimum Gasteiger partial charge on any atom is -0.493 e. The summed E-state index contributed by atoms with van der Waals surface area (Å²) in [6, 6.07) is 18.5. The number of piperidine rings is 1. The Hall–Kier alpha value is -3.42. The third kappa shape index (κ3) is 6.26. The molecular weight excluding hydrogens is 495 g/mol. The van der Waals surface area contributed by atoms with Gasteiger partial charge in [-0.3, -0.25) is 9.69 Å². The minimum atomic E-state index is -0.268. The van der Waals surface area contributed by atoms with E-state index in [-0.39, 0.29) is 11.4 Å². The third-order valence-electron chi connectivity index (χ3n) is 7.67. The molecule has 1 spiro atoms. The SMILES string of the molecule is CCOc1cc(CN2CCC3(CC2)CN(c2ccc(C=O)cc2)CCO3)cc(OCC)c1-c1ccc(F)cc1. The number of anilines is 1. The van der Waals surface area contributed by atoms with Crippen LogP contribution >= 0.6 is 0 Å². The Kier molecular flexibility index (Phi) is 8.48. The maximum atomic E-state index is 13.6. The first-order valence-electron chi connectivity index (χ1n) is 13.9. The molecule has 0 atom stereocenters. The second-order valence-corrected chi connectivity index (χ2v) is 10.3. The Morgan fingerprint density at radius 2 is 1.56 bits per heavy atom. The topological polar surface area (TPSA) is 51.2 Å². The van der Waals surface area contributed by atoms with Gasteiger partial charge in [0.2, 0.25) is 0 Å². The maximum absolute atomic E-state index is 13.6. The van der Waals surface area contributed by atoms with Crippen LogP contribution in [0.3, 0.4) is 0 Å². The zero-order chi connectivity index (χ0) is 27.2. The summed E-state index contributed by atoms with van der Waals surface area (Å²) in [5.74, 6) is 1.24. The molecule has 2 aliphatic rings. The standard InChI is InChI=1S/C32H37FN2O4/c1-3-37-29-19-25(20-30(38-4-2)31(29)26-7-9-27(33)10-8-26)21-34-15-13-32(14-16-34)23-35(17-18-39-32)28-11-5-24(22-36)6-12-28/h5-12,19-20,22H,3-4,13-18,21,23H2,1-2H3. The summed E-state index contributed by atoms with van der Waals surface area (Å²) in [6.45, 7) is 10.1. The van der Waals surface area contributed by atoms with Crippen molar-refractivity contribution in [3.8, 4) is 22.6 Å². The quantitative estimate of drug-likeness (QED) is 0.316. The summed E-state index contributed by atoms with van der Waals surface area (Å²) < 4.78 is 32.1. The van der Waals surface area contributed by atoms with Crippen molar-refractivity contribution < 1.29 is 23.4 Å². The predicted octanol–water partition coefficient (Wildman–Crippen LogP) is 5.97. The van der Waals surface area contributed by atoms with Crippen LogP contribution in [-0.2, 0) is 11.3 Å². The second kappa shape index (κ2) is 12.2. The van der Waals surface area contributed by atoms with Gasteiger partial charge in [-0.05, 0) is 86.3 Å². The number of hydrogen-bond acceptors (Lipinski definition) is 6. The molecule has 0 unspecified atom stereocenters. The molecule has 0 bridgehead atoms. The van der Waals surface area contributed by atoms with E-state index in [1.54, 1.807) is 12.1 Å². The van der Waals surface area contributed by atoms with E-state index in [0.717, 1.165) is 85.7 Å². The first kappa shape index (κ1) is 27.2. The number of halogens is 1. The lowest BCUT2D eigenvalue weighted by molar-refractivity contribution is -0.0921. The highest BCUT2D eigenvalue weighted by molar-refractivity contribution is 5.78. The van der Waals surface area contributed by atoms with Crippen LogP contribution in [0.25, 0.3) is 11.1 Å². The van der Waals surface area contributed by atoms with E-state index >= 15 is 0 Å². The van der Waals surface area contributed by atoms with Crippen LogP contribution < -0.4 is 14.4 Å². The van der Waals surface area contributed by atoms with Crippen molar-refractivity contribution in [1.82, 2.24) is 4.90 Å². The van der Waals surface area contributed by atoms with E-state index in [4.69, 9.17) is 14.2 Å². The van der Waals surface area contributed by atoms with Gasteiger partial charge in [0, 0.05) is 44.0 Å². The molecule has 0 radical (unpaired) electrons. The molecule has 0 N–H and O–H groups in total. The number of benzene rings is 3. The summed E-state index contributed by atoms with van der Waals surface area (Å²) >= 11 is 0. The van der Waals surface area contributed by atoms with E-state index in [9.17, 15) is 9.18 Å². The first-order valence-corrected chi connectivity index (χ1v) is 13.9. The highest BCUT2D eigenvalue weighted by Crippen LogP contribution is 2.41. The molecule has 2 fully saturated rings. The van der Waals surface area contributed by atoms with Crippen molar-refractivity contribution in [2.24, 2.45) is 0 Å². The highest BCUT2D eigenvalue weighted by atomic mass is 19.1. The van der Waals surface area contributed by atoms with Gasteiger partial charge in [-0.1, -0.05) is 12.1 Å². The Morgan fingerprint density at radius 3 is 2.15 bits per heavy atom. The second-order valence-electron chi connectivity index (χ2n) is 10.3. The van der Waals surface area contributed by atoms with E-state index in [1.165, 1.54) is 12.1 Å². The number of aldehydes is 1. The van der Waals surface area contributed by atoms with Gasteiger partial charge in [0.15, 0.2) is 0 Å². The van der Waals surface area contributed by atoms with E-state index < -0.39 is 0 Å². The molecule has 6 nitrogen and oxygen atoms in total. The molecule has 3 aromatic carbocycles. The van der Waals surface area contributed by atoms with Crippen molar-refractivity contribution in [2.45, 2.75) is 38.8 Å². The summed E-state index contributed by atoms with van der Waals surface area (Å²) in [7, 11) is 0. The molecule has 2 heterocycles. The van der Waals surface area contributed by atoms with Crippen LogP contribution in [0.2, 0.25) is 0 Å². The lowest BCUT2D eigenvalue weighted by atomic mass is 9.88. The number of morpholine rings is 1.